The molecule has 0 aliphatic carbocycles. The smallest absolute Gasteiger partial charge is 0.258 e. The summed E-state index contributed by atoms with van der Waals surface area (Å²) in [6, 6.07) is 19.6. The lowest BCUT2D eigenvalue weighted by molar-refractivity contribution is -0.123. The molecule has 144 valence electrons. The molecule has 1 aliphatic heterocycles. The van der Waals surface area contributed by atoms with Gasteiger partial charge in [-0.1, -0.05) is 48.5 Å². The number of benzene rings is 2. The van der Waals surface area contributed by atoms with Crippen LogP contribution >= 0.6 is 11.3 Å². The van der Waals surface area contributed by atoms with Gasteiger partial charge in [0.2, 0.25) is 0 Å². The first kappa shape index (κ1) is 18.6. The number of rotatable bonds is 6. The molecule has 5 heteroatoms. The Morgan fingerprint density at radius 1 is 1.14 bits per heavy atom. The van der Waals surface area contributed by atoms with Crippen LogP contribution in [0, 0.1) is 0 Å². The number of hydrogen-bond acceptors (Lipinski definition) is 4. The Morgan fingerprint density at radius 3 is 2.71 bits per heavy atom. The maximum absolute atomic E-state index is 12.7. The molecule has 28 heavy (non-hydrogen) atoms. The van der Waals surface area contributed by atoms with Crippen molar-refractivity contribution in [2.24, 2.45) is 0 Å². The molecule has 0 spiro atoms. The second kappa shape index (κ2) is 7.68. The number of ether oxygens (including phenoxy) is 2. The predicted molar refractivity (Wildman–Crippen MR) is 111 cm³/mol. The fourth-order valence-corrected chi connectivity index (χ4v) is 4.27. The van der Waals surface area contributed by atoms with Gasteiger partial charge in [-0.3, -0.25) is 4.79 Å². The van der Waals surface area contributed by atoms with Crippen LogP contribution < -0.4 is 14.8 Å². The molecular formula is C23H23NO3S. The summed E-state index contributed by atoms with van der Waals surface area (Å²) in [5, 5.41) is 5.11. The maximum Gasteiger partial charge on any atom is 0.258 e. The summed E-state index contributed by atoms with van der Waals surface area (Å²) in [6.45, 7) is 4.04. The molecule has 0 saturated carbocycles. The van der Waals surface area contributed by atoms with Crippen molar-refractivity contribution in [2.45, 2.75) is 31.9 Å². The second-order valence-corrected chi connectivity index (χ2v) is 8.48. The summed E-state index contributed by atoms with van der Waals surface area (Å²) in [7, 11) is 0. The highest BCUT2D eigenvalue weighted by atomic mass is 32.1. The van der Waals surface area contributed by atoms with Crippen molar-refractivity contribution >= 4 is 17.2 Å². The monoisotopic (exact) mass is 393 g/mol. The van der Waals surface area contributed by atoms with Crippen molar-refractivity contribution in [1.29, 1.82) is 0 Å². The summed E-state index contributed by atoms with van der Waals surface area (Å²) in [5.41, 5.74) is 1.91. The third-order valence-corrected chi connectivity index (χ3v) is 5.62. The van der Waals surface area contributed by atoms with Crippen LogP contribution in [0.2, 0.25) is 0 Å². The molecule has 0 fully saturated rings. The normalized spacial score (nSPS) is 15.4. The van der Waals surface area contributed by atoms with E-state index in [4.69, 9.17) is 9.47 Å². The number of carbonyl (C=O) groups excluding carboxylic acids is 1. The number of carbonyl (C=O) groups is 1. The minimum Gasteiger partial charge on any atom is -0.483 e. The third-order valence-electron chi connectivity index (χ3n) is 4.68. The van der Waals surface area contributed by atoms with Gasteiger partial charge in [0.05, 0.1) is 6.04 Å². The van der Waals surface area contributed by atoms with Gasteiger partial charge in [-0.15, -0.1) is 11.3 Å². The predicted octanol–water partition coefficient (Wildman–Crippen LogP) is 4.75. The van der Waals surface area contributed by atoms with Crippen molar-refractivity contribution in [1.82, 2.24) is 5.32 Å². The molecule has 0 unspecified atom stereocenters. The van der Waals surface area contributed by atoms with E-state index in [2.05, 4.69) is 19.2 Å². The number of hydrogen-bond donors (Lipinski definition) is 1. The van der Waals surface area contributed by atoms with Gasteiger partial charge in [-0.2, -0.15) is 0 Å². The van der Waals surface area contributed by atoms with Gasteiger partial charge >= 0.3 is 0 Å². The zero-order valence-electron chi connectivity index (χ0n) is 16.0. The number of amides is 1. The van der Waals surface area contributed by atoms with Gasteiger partial charge in [0.1, 0.15) is 5.60 Å². The molecule has 1 aliphatic rings. The van der Waals surface area contributed by atoms with Crippen LogP contribution in [0.4, 0.5) is 0 Å². The molecule has 0 saturated heterocycles. The molecular weight excluding hydrogens is 370 g/mol. The summed E-state index contributed by atoms with van der Waals surface area (Å²) in [5.74, 6) is 1.20. The highest BCUT2D eigenvalue weighted by molar-refractivity contribution is 7.10. The molecule has 1 N–H and O–H groups in total. The van der Waals surface area contributed by atoms with E-state index in [0.29, 0.717) is 5.75 Å². The Balaban J connectivity index is 1.45. The van der Waals surface area contributed by atoms with Crippen LogP contribution in [0.1, 0.15) is 35.9 Å². The Labute approximate surface area is 169 Å². The number of fused-ring (bicyclic) bond motifs is 1. The molecule has 3 aromatic rings. The average Bonchev–Trinajstić information content (AvgIpc) is 3.31. The van der Waals surface area contributed by atoms with Gasteiger partial charge < -0.3 is 14.8 Å². The highest BCUT2D eigenvalue weighted by Gasteiger charge is 2.32. The van der Waals surface area contributed by atoms with Crippen molar-refractivity contribution in [3.05, 3.63) is 82.0 Å². The van der Waals surface area contributed by atoms with Crippen molar-refractivity contribution in [3.63, 3.8) is 0 Å². The largest absolute Gasteiger partial charge is 0.483 e. The quantitative estimate of drug-likeness (QED) is 0.658. The second-order valence-electron chi connectivity index (χ2n) is 7.50. The molecule has 4 nitrogen and oxygen atoms in total. The fourth-order valence-electron chi connectivity index (χ4n) is 3.47. The van der Waals surface area contributed by atoms with Crippen LogP contribution in [-0.4, -0.2) is 18.1 Å². The van der Waals surface area contributed by atoms with E-state index >= 15 is 0 Å². The summed E-state index contributed by atoms with van der Waals surface area (Å²) in [4.78, 5) is 13.7. The zero-order valence-corrected chi connectivity index (χ0v) is 16.8. The Bertz CT molecular complexity index is 951. The van der Waals surface area contributed by atoms with Crippen molar-refractivity contribution < 1.29 is 14.3 Å². The molecule has 1 amide bonds. The lowest BCUT2D eigenvalue weighted by Gasteiger charge is -2.19. The molecule has 1 atom stereocenters. The molecule has 0 bridgehead atoms. The first-order valence-electron chi connectivity index (χ1n) is 9.33. The minimum absolute atomic E-state index is 0.0606. The Hall–Kier alpha value is -2.79. The van der Waals surface area contributed by atoms with Crippen LogP contribution in [0.5, 0.6) is 11.5 Å². The van der Waals surface area contributed by atoms with Crippen molar-refractivity contribution in [3.8, 4) is 11.5 Å². The van der Waals surface area contributed by atoms with E-state index in [0.717, 1.165) is 28.2 Å². The topological polar surface area (TPSA) is 47.6 Å². The van der Waals surface area contributed by atoms with Gasteiger partial charge in [-0.25, -0.2) is 0 Å². The fraction of sp³-hybridized carbons (Fsp3) is 0.261. The minimum atomic E-state index is -0.248. The molecule has 1 aromatic heterocycles. The molecule has 2 heterocycles. The zero-order chi connectivity index (χ0) is 19.6. The first-order chi connectivity index (χ1) is 13.5. The van der Waals surface area contributed by atoms with Crippen LogP contribution in [-0.2, 0) is 11.2 Å². The van der Waals surface area contributed by atoms with Gasteiger partial charge in [0.15, 0.2) is 18.1 Å². The number of thiophene rings is 1. The van der Waals surface area contributed by atoms with Crippen molar-refractivity contribution in [2.75, 3.05) is 6.61 Å². The lowest BCUT2D eigenvalue weighted by atomic mass is 10.0. The van der Waals surface area contributed by atoms with E-state index in [-0.39, 0.29) is 24.2 Å². The summed E-state index contributed by atoms with van der Waals surface area (Å²) in [6.07, 6.45) is 0.834. The average molecular weight is 394 g/mol. The Kier molecular flexibility index (Phi) is 5.09. The van der Waals surface area contributed by atoms with Gasteiger partial charge in [0.25, 0.3) is 5.91 Å². The molecule has 2 aromatic carbocycles. The van der Waals surface area contributed by atoms with E-state index in [1.807, 2.05) is 66.0 Å². The van der Waals surface area contributed by atoms with Crippen LogP contribution in [0.25, 0.3) is 0 Å². The van der Waals surface area contributed by atoms with Gasteiger partial charge in [-0.05, 0) is 36.9 Å². The summed E-state index contributed by atoms with van der Waals surface area (Å²) >= 11 is 1.62. The number of nitrogens with one attached hydrogen (secondary N) is 1. The third kappa shape index (κ3) is 4.04. The highest BCUT2D eigenvalue weighted by Crippen LogP contribution is 2.41. The summed E-state index contributed by atoms with van der Waals surface area (Å²) < 4.78 is 11.8. The molecule has 0 radical (unpaired) electrons. The molecule has 4 rings (SSSR count). The SMILES string of the molecule is CC1(C)Cc2cccc(OCC(=O)N[C@H](c3ccccc3)c3cccs3)c2O1. The van der Waals surface area contributed by atoms with Gasteiger partial charge in [0, 0.05) is 16.9 Å². The van der Waals surface area contributed by atoms with E-state index in [1.54, 1.807) is 11.3 Å². The lowest BCUT2D eigenvalue weighted by Crippen LogP contribution is -2.33. The number of para-hydroxylation sites is 1. The van der Waals surface area contributed by atoms with E-state index in [9.17, 15) is 4.79 Å². The standard InChI is InChI=1S/C23H23NO3S/c1-23(2)14-17-10-6-11-18(22(17)27-23)26-15-20(25)24-21(19-12-7-13-28-19)16-8-4-3-5-9-16/h3-13,21H,14-15H2,1-2H3,(H,24,25)/t21-/m1/s1. The van der Waals surface area contributed by atoms with Crippen LogP contribution in [0.3, 0.4) is 0 Å². The van der Waals surface area contributed by atoms with E-state index in [1.165, 1.54) is 0 Å². The Morgan fingerprint density at radius 2 is 1.96 bits per heavy atom. The van der Waals surface area contributed by atoms with Crippen LogP contribution in [0.15, 0.2) is 66.0 Å². The van der Waals surface area contributed by atoms with E-state index < -0.39 is 0 Å². The maximum atomic E-state index is 12.7. The first-order valence-corrected chi connectivity index (χ1v) is 10.2.